The van der Waals surface area contributed by atoms with Crippen molar-refractivity contribution in [3.63, 3.8) is 0 Å². The summed E-state index contributed by atoms with van der Waals surface area (Å²) in [5.41, 5.74) is -2.36. The highest BCUT2D eigenvalue weighted by molar-refractivity contribution is 5.77. The number of amides is 1. The number of hydrogen-bond acceptors (Lipinski definition) is 2. The molecule has 0 saturated carbocycles. The Morgan fingerprint density at radius 3 is 2.09 bits per heavy atom. The van der Waals surface area contributed by atoms with Gasteiger partial charge in [0.25, 0.3) is 0 Å². The van der Waals surface area contributed by atoms with Gasteiger partial charge in [-0.2, -0.15) is 26.3 Å². The zero-order valence-corrected chi connectivity index (χ0v) is 17.7. The third kappa shape index (κ3) is 6.46. The van der Waals surface area contributed by atoms with Crippen LogP contribution < -0.4 is 5.32 Å². The fourth-order valence-electron chi connectivity index (χ4n) is 4.10. The Morgan fingerprint density at radius 1 is 1.03 bits per heavy atom. The summed E-state index contributed by atoms with van der Waals surface area (Å²) in [6.45, 7) is 1.00. The lowest BCUT2D eigenvalue weighted by Gasteiger charge is -2.26. The molecule has 3 rings (SSSR count). The van der Waals surface area contributed by atoms with E-state index in [1.807, 2.05) is 0 Å². The van der Waals surface area contributed by atoms with E-state index in [4.69, 9.17) is 0 Å². The highest BCUT2D eigenvalue weighted by atomic mass is 19.4. The lowest BCUT2D eigenvalue weighted by Crippen LogP contribution is -2.30. The second kappa shape index (κ2) is 9.70. The molecule has 1 heterocycles. The zero-order chi connectivity index (χ0) is 24.4. The van der Waals surface area contributed by atoms with Crippen LogP contribution in [0.25, 0.3) is 0 Å². The Kier molecular flexibility index (Phi) is 7.36. The predicted octanol–water partition coefficient (Wildman–Crippen LogP) is 5.61. The van der Waals surface area contributed by atoms with E-state index in [1.54, 1.807) is 12.1 Å². The smallest absolute Gasteiger partial charge is 0.341 e. The van der Waals surface area contributed by atoms with E-state index >= 15 is 0 Å². The van der Waals surface area contributed by atoms with Crippen LogP contribution in [0.3, 0.4) is 0 Å². The van der Waals surface area contributed by atoms with E-state index < -0.39 is 41.7 Å². The van der Waals surface area contributed by atoms with Crippen molar-refractivity contribution < 1.29 is 35.5 Å². The molecule has 1 aliphatic rings. The maximum absolute atomic E-state index is 13.3. The molecule has 10 heteroatoms. The summed E-state index contributed by atoms with van der Waals surface area (Å²) >= 11 is 0. The largest absolute Gasteiger partial charge is 0.416 e. The van der Waals surface area contributed by atoms with Crippen LogP contribution in [0.2, 0.25) is 0 Å². The number of hydrogen-bond donors (Lipinski definition) is 1. The van der Waals surface area contributed by atoms with Gasteiger partial charge in [0.05, 0.1) is 11.1 Å². The first-order valence-corrected chi connectivity index (χ1v) is 10.3. The van der Waals surface area contributed by atoms with Gasteiger partial charge in [0.2, 0.25) is 5.91 Å². The summed E-state index contributed by atoms with van der Waals surface area (Å²) in [7, 11) is 1.34. The Balaban J connectivity index is 1.80. The molecule has 1 fully saturated rings. The van der Waals surface area contributed by atoms with Crippen molar-refractivity contribution >= 4 is 5.91 Å². The number of carbonyl (C=O) groups is 1. The second-order valence-corrected chi connectivity index (χ2v) is 8.28. The quantitative estimate of drug-likeness (QED) is 0.550. The number of nitrogens with one attached hydrogen (secondary N) is 1. The first-order valence-electron chi connectivity index (χ1n) is 10.3. The molecule has 1 amide bonds. The van der Waals surface area contributed by atoms with Gasteiger partial charge < -0.3 is 10.2 Å². The highest BCUT2D eigenvalue weighted by Gasteiger charge is 2.37. The molecule has 0 aromatic heterocycles. The van der Waals surface area contributed by atoms with Crippen LogP contribution in [-0.4, -0.2) is 30.9 Å². The van der Waals surface area contributed by atoms with Gasteiger partial charge in [-0.25, -0.2) is 4.39 Å². The van der Waals surface area contributed by atoms with E-state index in [2.05, 4.69) is 5.32 Å². The number of carbonyl (C=O) groups excluding carboxylic acids is 1. The maximum Gasteiger partial charge on any atom is 0.416 e. The topological polar surface area (TPSA) is 32.3 Å². The number of alkyl halides is 6. The molecule has 1 aliphatic heterocycles. The monoisotopic (exact) mass is 476 g/mol. The number of rotatable bonds is 6. The molecule has 1 saturated heterocycles. The van der Waals surface area contributed by atoms with Crippen LogP contribution in [0.5, 0.6) is 0 Å². The van der Waals surface area contributed by atoms with Gasteiger partial charge in [-0.1, -0.05) is 12.1 Å². The lowest BCUT2D eigenvalue weighted by atomic mass is 9.82. The molecule has 2 unspecified atom stereocenters. The van der Waals surface area contributed by atoms with E-state index in [-0.39, 0.29) is 29.9 Å². The van der Waals surface area contributed by atoms with Gasteiger partial charge in [0, 0.05) is 20.0 Å². The summed E-state index contributed by atoms with van der Waals surface area (Å²) in [5.74, 6) is -1.02. The molecule has 2 aromatic carbocycles. The van der Waals surface area contributed by atoms with Crippen molar-refractivity contribution in [2.45, 2.75) is 37.7 Å². The minimum Gasteiger partial charge on any atom is -0.341 e. The van der Waals surface area contributed by atoms with Crippen LogP contribution in [0, 0.1) is 11.7 Å². The fraction of sp³-hybridized carbons (Fsp3) is 0.435. The fourth-order valence-corrected chi connectivity index (χ4v) is 4.10. The summed E-state index contributed by atoms with van der Waals surface area (Å²) in [6, 6.07) is 7.07. The van der Waals surface area contributed by atoms with Crippen molar-refractivity contribution in [3.05, 3.63) is 70.5 Å². The van der Waals surface area contributed by atoms with Gasteiger partial charge in [-0.3, -0.25) is 4.79 Å². The predicted molar refractivity (Wildman–Crippen MR) is 108 cm³/mol. The molecule has 180 valence electrons. The third-order valence-electron chi connectivity index (χ3n) is 5.85. The van der Waals surface area contributed by atoms with E-state index in [0.29, 0.717) is 18.7 Å². The average molecular weight is 476 g/mol. The van der Waals surface area contributed by atoms with Crippen LogP contribution in [0.1, 0.15) is 41.0 Å². The molecule has 0 bridgehead atoms. The van der Waals surface area contributed by atoms with Gasteiger partial charge in [0.1, 0.15) is 5.82 Å². The lowest BCUT2D eigenvalue weighted by molar-refractivity contribution is -0.143. The van der Waals surface area contributed by atoms with Crippen molar-refractivity contribution in [2.75, 3.05) is 20.1 Å². The van der Waals surface area contributed by atoms with Gasteiger partial charge in [0.15, 0.2) is 0 Å². The van der Waals surface area contributed by atoms with E-state index in [1.165, 1.54) is 19.2 Å². The normalized spacial score (nSPS) is 17.8. The molecule has 0 spiro atoms. The first-order chi connectivity index (χ1) is 15.3. The minimum atomic E-state index is -4.96. The Hall–Kier alpha value is -2.62. The third-order valence-corrected chi connectivity index (χ3v) is 5.85. The summed E-state index contributed by atoms with van der Waals surface area (Å²) in [6.07, 6.45) is -9.12. The van der Waals surface area contributed by atoms with Crippen LogP contribution in [0.15, 0.2) is 42.5 Å². The molecule has 0 radical (unpaired) electrons. The molecular formula is C23H23F7N2O. The molecule has 2 aromatic rings. The highest BCUT2D eigenvalue weighted by Crippen LogP contribution is 2.37. The second-order valence-electron chi connectivity index (χ2n) is 8.28. The summed E-state index contributed by atoms with van der Waals surface area (Å²) in [4.78, 5) is 14.0. The van der Waals surface area contributed by atoms with Crippen molar-refractivity contribution in [3.8, 4) is 0 Å². The Labute approximate surface area is 186 Å². The number of halogens is 7. The van der Waals surface area contributed by atoms with Crippen molar-refractivity contribution in [1.29, 1.82) is 0 Å². The van der Waals surface area contributed by atoms with Gasteiger partial charge in [-0.05, 0) is 72.8 Å². The molecular weight excluding hydrogens is 453 g/mol. The van der Waals surface area contributed by atoms with E-state index in [9.17, 15) is 35.5 Å². The molecule has 3 nitrogen and oxygen atoms in total. The first kappa shape index (κ1) is 25.0. The summed E-state index contributed by atoms with van der Waals surface area (Å²) in [5, 5.41) is 3.20. The van der Waals surface area contributed by atoms with Crippen molar-refractivity contribution in [1.82, 2.24) is 10.2 Å². The summed E-state index contributed by atoms with van der Waals surface area (Å²) < 4.78 is 92.0. The van der Waals surface area contributed by atoms with Crippen LogP contribution in [-0.2, 0) is 23.7 Å². The van der Waals surface area contributed by atoms with Gasteiger partial charge >= 0.3 is 12.4 Å². The average Bonchev–Trinajstić information content (AvgIpc) is 3.25. The van der Waals surface area contributed by atoms with Crippen LogP contribution >= 0.6 is 0 Å². The molecule has 33 heavy (non-hydrogen) atoms. The van der Waals surface area contributed by atoms with Crippen molar-refractivity contribution in [2.24, 2.45) is 5.92 Å². The maximum atomic E-state index is 13.3. The molecule has 1 N–H and O–H groups in total. The molecule has 0 aliphatic carbocycles. The van der Waals surface area contributed by atoms with E-state index in [0.717, 1.165) is 23.4 Å². The number of nitrogens with zero attached hydrogens (tertiary/aromatic N) is 1. The zero-order valence-electron chi connectivity index (χ0n) is 17.7. The number of benzene rings is 2. The SMILES string of the molecule is CN(Cc1cc(C(F)(F)F)cc(C(F)(F)F)c1)C(=O)CC(c1ccc(F)cc1)C1CCNC1. The molecule has 2 atom stereocenters. The van der Waals surface area contributed by atoms with Crippen LogP contribution in [0.4, 0.5) is 30.7 Å². The Bertz CT molecular complexity index is 932. The standard InChI is InChI=1S/C23H23F7N2O/c1-32(13-14-8-17(22(25,26)27)10-18(9-14)23(28,29)30)21(33)11-20(16-6-7-31-12-16)15-2-4-19(24)5-3-15/h2-5,8-10,16,20,31H,6-7,11-13H2,1H3. The Morgan fingerprint density at radius 2 is 1.61 bits per heavy atom. The minimum absolute atomic E-state index is 0.000428. The van der Waals surface area contributed by atoms with Gasteiger partial charge in [-0.15, -0.1) is 0 Å².